The smallest absolute Gasteiger partial charge is 0.229 e. The molecule has 7 nitrogen and oxygen atoms in total. The molecule has 3 rings (SSSR count). The first-order chi connectivity index (χ1) is 13.3. The van der Waals surface area contributed by atoms with E-state index in [1.54, 1.807) is 41.9 Å². The fraction of sp³-hybridized carbons (Fsp3) is 0.278. The van der Waals surface area contributed by atoms with E-state index in [4.69, 9.17) is 0 Å². The molecule has 0 aliphatic rings. The maximum atomic E-state index is 12.7. The van der Waals surface area contributed by atoms with E-state index in [2.05, 4.69) is 26.4 Å². The van der Waals surface area contributed by atoms with Crippen LogP contribution in [0, 0.1) is 0 Å². The number of thioether (sulfide) groups is 1. The van der Waals surface area contributed by atoms with Crippen molar-refractivity contribution in [1.82, 2.24) is 14.8 Å². The van der Waals surface area contributed by atoms with Crippen LogP contribution in [0.4, 0.5) is 5.69 Å². The molecular formula is C18H20N4O3S3. The number of thiophene rings is 1. The molecule has 0 saturated heterocycles. The Labute approximate surface area is 172 Å². The van der Waals surface area contributed by atoms with Crippen molar-refractivity contribution in [3.8, 4) is 0 Å². The fourth-order valence-corrected chi connectivity index (χ4v) is 4.73. The second kappa shape index (κ2) is 8.89. The van der Waals surface area contributed by atoms with Crippen molar-refractivity contribution in [3.63, 3.8) is 0 Å². The first kappa shape index (κ1) is 20.6. The van der Waals surface area contributed by atoms with Crippen LogP contribution in [0.3, 0.4) is 0 Å². The maximum absolute atomic E-state index is 12.7. The van der Waals surface area contributed by atoms with Crippen LogP contribution in [-0.4, -0.2) is 40.5 Å². The summed E-state index contributed by atoms with van der Waals surface area (Å²) in [7, 11) is -3.34. The lowest BCUT2D eigenvalue weighted by atomic mass is 10.1. The normalized spacial score (nSPS) is 12.6. The lowest BCUT2D eigenvalue weighted by Crippen LogP contribution is -2.15. The molecular weight excluding hydrogens is 416 g/mol. The number of carbonyl (C=O) groups is 1. The van der Waals surface area contributed by atoms with Gasteiger partial charge in [0, 0.05) is 22.7 Å². The Kier molecular flexibility index (Phi) is 6.53. The van der Waals surface area contributed by atoms with Crippen LogP contribution >= 0.6 is 23.1 Å². The number of Topliss-reactive ketones (excluding diaryl/α,β-unsaturated/α-hetero) is 1. The number of benzene rings is 1. The number of nitrogens with zero attached hydrogens (tertiary/aromatic N) is 3. The number of hydrogen-bond acceptors (Lipinski definition) is 7. The first-order valence-electron chi connectivity index (χ1n) is 8.51. The zero-order valence-corrected chi connectivity index (χ0v) is 17.9. The van der Waals surface area contributed by atoms with Crippen molar-refractivity contribution in [1.29, 1.82) is 0 Å². The third kappa shape index (κ3) is 5.66. The quantitative estimate of drug-likeness (QED) is 0.408. The van der Waals surface area contributed by atoms with Crippen molar-refractivity contribution in [3.05, 3.63) is 58.5 Å². The Morgan fingerprint density at radius 1 is 1.29 bits per heavy atom. The van der Waals surface area contributed by atoms with E-state index in [1.807, 2.05) is 17.6 Å². The molecule has 1 aromatic carbocycles. The van der Waals surface area contributed by atoms with Gasteiger partial charge in [-0.15, -0.1) is 21.5 Å². The van der Waals surface area contributed by atoms with Crippen LogP contribution in [0.1, 0.15) is 22.2 Å². The third-order valence-electron chi connectivity index (χ3n) is 3.88. The molecule has 0 saturated carbocycles. The van der Waals surface area contributed by atoms with Crippen LogP contribution in [0.15, 0.2) is 53.3 Å². The molecule has 3 aromatic rings. The molecule has 0 aliphatic carbocycles. The Hall–Kier alpha value is -2.17. The summed E-state index contributed by atoms with van der Waals surface area (Å²) in [4.78, 5) is 14.0. The standard InChI is InChI=1S/C18H20N4O3S3/c1-13(17(23)14-5-7-15(8-6-14)21-28(2,24)25)27-18-20-19-12-22(18)10-9-16-4-3-11-26-16/h3-8,11-13,21H,9-10H2,1-2H3. The molecule has 0 aliphatic heterocycles. The molecule has 1 unspecified atom stereocenters. The highest BCUT2D eigenvalue weighted by Crippen LogP contribution is 2.25. The van der Waals surface area contributed by atoms with Gasteiger partial charge in [0.25, 0.3) is 0 Å². The topological polar surface area (TPSA) is 93.9 Å². The number of nitrogens with one attached hydrogen (secondary N) is 1. The van der Waals surface area contributed by atoms with Crippen molar-refractivity contribution in [2.75, 3.05) is 11.0 Å². The third-order valence-corrected chi connectivity index (χ3v) is 6.52. The summed E-state index contributed by atoms with van der Waals surface area (Å²) in [6.45, 7) is 2.58. The average molecular weight is 437 g/mol. The molecule has 2 heterocycles. The van der Waals surface area contributed by atoms with Gasteiger partial charge in [-0.2, -0.15) is 0 Å². The van der Waals surface area contributed by atoms with Gasteiger partial charge in [-0.05, 0) is 49.1 Å². The molecule has 1 N–H and O–H groups in total. The maximum Gasteiger partial charge on any atom is 0.229 e. The second-order valence-corrected chi connectivity index (χ2v) is 10.3. The van der Waals surface area contributed by atoms with Crippen LogP contribution in [0.5, 0.6) is 0 Å². The Morgan fingerprint density at radius 3 is 2.68 bits per heavy atom. The van der Waals surface area contributed by atoms with E-state index in [0.29, 0.717) is 16.4 Å². The van der Waals surface area contributed by atoms with Crippen LogP contribution in [0.25, 0.3) is 0 Å². The lowest BCUT2D eigenvalue weighted by Gasteiger charge is -2.11. The highest BCUT2D eigenvalue weighted by molar-refractivity contribution is 8.00. The van der Waals surface area contributed by atoms with Gasteiger partial charge in [-0.1, -0.05) is 17.8 Å². The SMILES string of the molecule is CC(Sc1nncn1CCc1cccs1)C(=O)c1ccc(NS(C)(=O)=O)cc1. The predicted octanol–water partition coefficient (Wildman–Crippen LogP) is 3.32. The van der Waals surface area contributed by atoms with Gasteiger partial charge in [0.2, 0.25) is 10.0 Å². The van der Waals surface area contributed by atoms with Crippen LogP contribution < -0.4 is 4.72 Å². The highest BCUT2D eigenvalue weighted by Gasteiger charge is 2.19. The lowest BCUT2D eigenvalue weighted by molar-refractivity contribution is 0.0994. The minimum Gasteiger partial charge on any atom is -0.308 e. The molecule has 0 amide bonds. The van der Waals surface area contributed by atoms with Crippen molar-refractivity contribution in [2.24, 2.45) is 0 Å². The van der Waals surface area contributed by atoms with E-state index in [0.717, 1.165) is 19.2 Å². The Morgan fingerprint density at radius 2 is 2.04 bits per heavy atom. The molecule has 0 radical (unpaired) electrons. The molecule has 0 spiro atoms. The van der Waals surface area contributed by atoms with Gasteiger partial charge < -0.3 is 4.57 Å². The molecule has 2 aromatic heterocycles. The summed E-state index contributed by atoms with van der Waals surface area (Å²) in [6.07, 6.45) is 3.65. The van der Waals surface area contributed by atoms with Gasteiger partial charge >= 0.3 is 0 Å². The van der Waals surface area contributed by atoms with Crippen molar-refractivity contribution >= 4 is 44.6 Å². The van der Waals surface area contributed by atoms with Crippen molar-refractivity contribution < 1.29 is 13.2 Å². The number of anilines is 1. The molecule has 1 atom stereocenters. The summed E-state index contributed by atoms with van der Waals surface area (Å²) in [6, 6.07) is 10.5. The molecule has 28 heavy (non-hydrogen) atoms. The number of carbonyl (C=O) groups excluding carboxylic acids is 1. The number of ketones is 1. The summed E-state index contributed by atoms with van der Waals surface area (Å²) in [5.74, 6) is -0.0521. The summed E-state index contributed by atoms with van der Waals surface area (Å²) < 4.78 is 26.9. The van der Waals surface area contributed by atoms with E-state index in [9.17, 15) is 13.2 Å². The van der Waals surface area contributed by atoms with Crippen LogP contribution in [0.2, 0.25) is 0 Å². The minimum atomic E-state index is -3.34. The van der Waals surface area contributed by atoms with Gasteiger partial charge in [0.15, 0.2) is 10.9 Å². The molecule has 0 fully saturated rings. The zero-order chi connectivity index (χ0) is 20.1. The second-order valence-electron chi connectivity index (χ2n) is 6.21. The predicted molar refractivity (Wildman–Crippen MR) is 113 cm³/mol. The molecule has 0 bridgehead atoms. The number of hydrogen-bond donors (Lipinski definition) is 1. The molecule has 148 valence electrons. The highest BCUT2D eigenvalue weighted by atomic mass is 32.2. The van der Waals surface area contributed by atoms with E-state index in [1.165, 1.54) is 16.6 Å². The van der Waals surface area contributed by atoms with Gasteiger partial charge in [-0.25, -0.2) is 8.42 Å². The van der Waals surface area contributed by atoms with Crippen LogP contribution in [-0.2, 0) is 23.0 Å². The average Bonchev–Trinajstić information content (AvgIpc) is 3.30. The van der Waals surface area contributed by atoms with E-state index >= 15 is 0 Å². The number of rotatable bonds is 9. The largest absolute Gasteiger partial charge is 0.308 e. The van der Waals surface area contributed by atoms with Gasteiger partial charge in [0.1, 0.15) is 6.33 Å². The number of sulfonamides is 1. The van der Waals surface area contributed by atoms with Crippen molar-refractivity contribution in [2.45, 2.75) is 30.3 Å². The number of aromatic nitrogens is 3. The minimum absolute atomic E-state index is 0.0521. The number of aryl methyl sites for hydroxylation is 2. The summed E-state index contributed by atoms with van der Waals surface area (Å²) in [5.41, 5.74) is 0.941. The summed E-state index contributed by atoms with van der Waals surface area (Å²) >= 11 is 3.08. The zero-order valence-electron chi connectivity index (χ0n) is 15.4. The summed E-state index contributed by atoms with van der Waals surface area (Å²) in [5, 5.41) is 10.5. The molecule has 10 heteroatoms. The first-order valence-corrected chi connectivity index (χ1v) is 12.2. The van der Waals surface area contributed by atoms with Gasteiger partial charge in [-0.3, -0.25) is 9.52 Å². The van der Waals surface area contributed by atoms with E-state index in [-0.39, 0.29) is 11.0 Å². The Bertz CT molecular complexity index is 1030. The Balaban J connectivity index is 1.62. The fourth-order valence-electron chi connectivity index (χ4n) is 2.54. The monoisotopic (exact) mass is 436 g/mol. The van der Waals surface area contributed by atoms with E-state index < -0.39 is 10.0 Å². The van der Waals surface area contributed by atoms with Gasteiger partial charge in [0.05, 0.1) is 11.5 Å².